The fraction of sp³-hybridized carbons (Fsp3) is 0.240. The van der Waals surface area contributed by atoms with E-state index in [2.05, 4.69) is 16.7 Å². The van der Waals surface area contributed by atoms with Crippen LogP contribution in [0.2, 0.25) is 0 Å². The molecule has 7 nitrogen and oxygen atoms in total. The molecule has 33 heavy (non-hydrogen) atoms. The summed E-state index contributed by atoms with van der Waals surface area (Å²) in [7, 11) is 1.63. The molecule has 2 N–H and O–H groups in total. The average molecular weight is 448 g/mol. The number of anilines is 2. The van der Waals surface area contributed by atoms with Crippen molar-refractivity contribution in [1.29, 1.82) is 5.26 Å². The molecule has 0 spiro atoms. The Morgan fingerprint density at radius 2 is 1.70 bits per heavy atom. The molecule has 0 bridgehead atoms. The van der Waals surface area contributed by atoms with Crippen molar-refractivity contribution in [2.24, 2.45) is 0 Å². The number of hydrogen-bond acceptors (Lipinski definition) is 4. The van der Waals surface area contributed by atoms with Crippen molar-refractivity contribution in [2.75, 3.05) is 30.8 Å². The molecule has 2 aromatic carbocycles. The first-order chi connectivity index (χ1) is 15.8. The van der Waals surface area contributed by atoms with Crippen LogP contribution in [-0.2, 0) is 16.1 Å². The molecule has 0 radical (unpaired) electrons. The van der Waals surface area contributed by atoms with Crippen molar-refractivity contribution in [1.82, 2.24) is 9.47 Å². The third-order valence-electron chi connectivity index (χ3n) is 5.32. The maximum Gasteiger partial charge on any atom is 0.239 e. The van der Waals surface area contributed by atoms with Crippen molar-refractivity contribution in [3.8, 4) is 6.07 Å². The zero-order valence-corrected chi connectivity index (χ0v) is 18.9. The molecule has 0 fully saturated rings. The summed E-state index contributed by atoms with van der Waals surface area (Å²) < 4.78 is 15.2. The second-order valence-corrected chi connectivity index (χ2v) is 7.90. The highest BCUT2D eigenvalue weighted by molar-refractivity contribution is 5.95. The zero-order valence-electron chi connectivity index (χ0n) is 18.9. The summed E-state index contributed by atoms with van der Waals surface area (Å²) in [5.41, 5.74) is 3.52. The number of amides is 2. The molecule has 170 valence electrons. The van der Waals surface area contributed by atoms with Crippen molar-refractivity contribution in [2.45, 2.75) is 20.4 Å². The Morgan fingerprint density at radius 3 is 2.33 bits per heavy atom. The molecule has 0 aliphatic rings. The van der Waals surface area contributed by atoms with Crippen molar-refractivity contribution in [3.63, 3.8) is 0 Å². The van der Waals surface area contributed by atoms with Gasteiger partial charge in [0.2, 0.25) is 11.8 Å². The number of halogens is 1. The number of rotatable bonds is 8. The van der Waals surface area contributed by atoms with Crippen LogP contribution in [0, 0.1) is 31.0 Å². The number of carbonyl (C=O) groups excluding carboxylic acids is 2. The van der Waals surface area contributed by atoms with E-state index in [1.165, 1.54) is 18.2 Å². The third kappa shape index (κ3) is 6.05. The Balaban J connectivity index is 1.67. The SMILES string of the molecule is Cc1c(C#N)c(NC(=O)CN(C)CC(=O)Nc2cccc(F)c2)n(Cc2ccccc2)c1C. The fourth-order valence-corrected chi connectivity index (χ4v) is 3.58. The lowest BCUT2D eigenvalue weighted by atomic mass is 10.2. The van der Waals surface area contributed by atoms with Crippen LogP contribution in [0.15, 0.2) is 54.6 Å². The minimum absolute atomic E-state index is 0.0574. The smallest absolute Gasteiger partial charge is 0.239 e. The van der Waals surface area contributed by atoms with Crippen LogP contribution in [0.4, 0.5) is 15.9 Å². The number of nitrogens with zero attached hydrogens (tertiary/aromatic N) is 3. The molecular formula is C25H26FN5O2. The summed E-state index contributed by atoms with van der Waals surface area (Å²) >= 11 is 0. The molecule has 0 aliphatic heterocycles. The summed E-state index contributed by atoms with van der Waals surface area (Å²) in [6.07, 6.45) is 0. The fourth-order valence-electron chi connectivity index (χ4n) is 3.58. The van der Waals surface area contributed by atoms with Gasteiger partial charge < -0.3 is 15.2 Å². The summed E-state index contributed by atoms with van der Waals surface area (Å²) in [5.74, 6) is -0.719. The quantitative estimate of drug-likeness (QED) is 0.551. The molecule has 3 rings (SSSR count). The van der Waals surface area contributed by atoms with Crippen LogP contribution in [0.5, 0.6) is 0 Å². The molecule has 0 unspecified atom stereocenters. The number of nitriles is 1. The molecule has 0 saturated carbocycles. The van der Waals surface area contributed by atoms with E-state index >= 15 is 0 Å². The number of benzene rings is 2. The van der Waals surface area contributed by atoms with Gasteiger partial charge in [-0.15, -0.1) is 0 Å². The van der Waals surface area contributed by atoms with Gasteiger partial charge in [-0.05, 0) is 50.2 Å². The highest BCUT2D eigenvalue weighted by Gasteiger charge is 2.20. The van der Waals surface area contributed by atoms with Gasteiger partial charge in [-0.3, -0.25) is 14.5 Å². The summed E-state index contributed by atoms with van der Waals surface area (Å²) in [5, 5.41) is 15.1. The topological polar surface area (TPSA) is 90.2 Å². The molecule has 3 aromatic rings. The number of carbonyl (C=O) groups is 2. The highest BCUT2D eigenvalue weighted by Crippen LogP contribution is 2.27. The van der Waals surface area contributed by atoms with Gasteiger partial charge in [0, 0.05) is 17.9 Å². The van der Waals surface area contributed by atoms with Gasteiger partial charge in [-0.2, -0.15) is 5.26 Å². The molecule has 1 aromatic heterocycles. The van der Waals surface area contributed by atoms with Crippen molar-refractivity contribution in [3.05, 3.63) is 82.8 Å². The number of aromatic nitrogens is 1. The van der Waals surface area contributed by atoms with E-state index in [4.69, 9.17) is 0 Å². The van der Waals surface area contributed by atoms with Crippen LogP contribution in [0.3, 0.4) is 0 Å². The number of likely N-dealkylation sites (N-methyl/N-ethyl adjacent to an activating group) is 1. The first kappa shape index (κ1) is 23.7. The minimum atomic E-state index is -0.446. The molecule has 2 amide bonds. The molecule has 0 saturated heterocycles. The van der Waals surface area contributed by atoms with E-state index in [0.29, 0.717) is 23.6 Å². The predicted octanol–water partition coefficient (Wildman–Crippen LogP) is 3.67. The Morgan fingerprint density at radius 1 is 1.03 bits per heavy atom. The molecular weight excluding hydrogens is 421 g/mol. The molecule has 1 heterocycles. The lowest BCUT2D eigenvalue weighted by molar-refractivity contribution is -0.119. The van der Waals surface area contributed by atoms with Gasteiger partial charge in [-0.25, -0.2) is 4.39 Å². The van der Waals surface area contributed by atoms with E-state index in [1.807, 2.05) is 48.7 Å². The Hall–Kier alpha value is -3.96. The third-order valence-corrected chi connectivity index (χ3v) is 5.32. The van der Waals surface area contributed by atoms with Crippen LogP contribution in [0.1, 0.15) is 22.4 Å². The number of nitrogens with one attached hydrogen (secondary N) is 2. The van der Waals surface area contributed by atoms with Gasteiger partial charge in [0.25, 0.3) is 0 Å². The van der Waals surface area contributed by atoms with E-state index in [-0.39, 0.29) is 24.9 Å². The maximum absolute atomic E-state index is 13.3. The standard InChI is InChI=1S/C25H26FN5O2/c1-17-18(2)31(14-19-8-5-4-6-9-19)25(22(17)13-27)29-24(33)16-30(3)15-23(32)28-21-11-7-10-20(26)12-21/h4-12H,14-16H2,1-3H3,(H,28,32)(H,29,33). The lowest BCUT2D eigenvalue weighted by Crippen LogP contribution is -2.36. The lowest BCUT2D eigenvalue weighted by Gasteiger charge is -2.17. The van der Waals surface area contributed by atoms with Crippen LogP contribution in [-0.4, -0.2) is 41.4 Å². The summed E-state index contributed by atoms with van der Waals surface area (Å²) in [6.45, 7) is 4.16. The van der Waals surface area contributed by atoms with Gasteiger partial charge in [-0.1, -0.05) is 36.4 Å². The zero-order chi connectivity index (χ0) is 24.0. The molecule has 0 atom stereocenters. The second-order valence-electron chi connectivity index (χ2n) is 7.90. The number of hydrogen-bond donors (Lipinski definition) is 2. The van der Waals surface area contributed by atoms with E-state index in [1.54, 1.807) is 18.0 Å². The van der Waals surface area contributed by atoms with Gasteiger partial charge in [0.15, 0.2) is 0 Å². The van der Waals surface area contributed by atoms with Crippen molar-refractivity contribution >= 4 is 23.3 Å². The largest absolute Gasteiger partial charge is 0.326 e. The van der Waals surface area contributed by atoms with Crippen molar-refractivity contribution < 1.29 is 14.0 Å². The van der Waals surface area contributed by atoms with Crippen LogP contribution < -0.4 is 10.6 Å². The Labute approximate surface area is 192 Å². The van der Waals surface area contributed by atoms with E-state index < -0.39 is 5.82 Å². The van der Waals surface area contributed by atoms with Crippen LogP contribution >= 0.6 is 0 Å². The van der Waals surface area contributed by atoms with Crippen LogP contribution in [0.25, 0.3) is 0 Å². The minimum Gasteiger partial charge on any atom is -0.326 e. The normalized spacial score (nSPS) is 10.7. The predicted molar refractivity (Wildman–Crippen MR) is 125 cm³/mol. The molecule has 8 heteroatoms. The van der Waals surface area contributed by atoms with E-state index in [9.17, 15) is 19.2 Å². The van der Waals surface area contributed by atoms with Gasteiger partial charge in [0.1, 0.15) is 17.7 Å². The first-order valence-electron chi connectivity index (χ1n) is 10.5. The highest BCUT2D eigenvalue weighted by atomic mass is 19.1. The average Bonchev–Trinajstić information content (AvgIpc) is 2.97. The van der Waals surface area contributed by atoms with Gasteiger partial charge in [0.05, 0.1) is 18.7 Å². The Kier molecular flexibility index (Phi) is 7.59. The van der Waals surface area contributed by atoms with Gasteiger partial charge >= 0.3 is 0 Å². The first-order valence-corrected chi connectivity index (χ1v) is 10.5. The molecule has 0 aliphatic carbocycles. The maximum atomic E-state index is 13.3. The Bertz CT molecular complexity index is 1200. The summed E-state index contributed by atoms with van der Waals surface area (Å²) in [4.78, 5) is 26.5. The second kappa shape index (κ2) is 10.6. The van der Waals surface area contributed by atoms with E-state index in [0.717, 1.165) is 16.8 Å². The summed E-state index contributed by atoms with van der Waals surface area (Å²) in [6, 6.07) is 17.6. The monoisotopic (exact) mass is 447 g/mol.